The van der Waals surface area contributed by atoms with Crippen molar-refractivity contribution >= 4 is 16.9 Å². The van der Waals surface area contributed by atoms with Crippen molar-refractivity contribution in [1.29, 1.82) is 0 Å². The van der Waals surface area contributed by atoms with E-state index in [2.05, 4.69) is 15.3 Å². The van der Waals surface area contributed by atoms with E-state index in [0.717, 1.165) is 24.1 Å². The molecule has 3 fully saturated rings. The Morgan fingerprint density at radius 2 is 1.88 bits per heavy atom. The van der Waals surface area contributed by atoms with Crippen LogP contribution in [-0.4, -0.2) is 34.6 Å². The second-order valence-corrected chi connectivity index (χ2v) is 7.67. The fourth-order valence-corrected chi connectivity index (χ4v) is 5.20. The average molecular weight is 337 g/mol. The van der Waals surface area contributed by atoms with Crippen molar-refractivity contribution in [2.24, 2.45) is 17.8 Å². The number of aromatic nitrogens is 2. The first-order chi connectivity index (χ1) is 12.3. The third-order valence-electron chi connectivity index (χ3n) is 6.41. The molecule has 5 heteroatoms. The van der Waals surface area contributed by atoms with Crippen molar-refractivity contribution in [3.8, 4) is 0 Å². The van der Waals surface area contributed by atoms with Gasteiger partial charge in [0.2, 0.25) is 0 Å². The molecule has 5 nitrogen and oxygen atoms in total. The Hall–Kier alpha value is -2.01. The highest BCUT2D eigenvalue weighted by atomic mass is 16.5. The third kappa shape index (κ3) is 2.53. The van der Waals surface area contributed by atoms with Gasteiger partial charge in [-0.3, -0.25) is 14.8 Å². The molecule has 1 N–H and O–H groups in total. The van der Waals surface area contributed by atoms with Crippen molar-refractivity contribution in [2.45, 2.75) is 44.2 Å². The highest BCUT2D eigenvalue weighted by Crippen LogP contribution is 2.51. The lowest BCUT2D eigenvalue weighted by molar-refractivity contribution is -0.0784. The van der Waals surface area contributed by atoms with Crippen LogP contribution in [0.4, 0.5) is 0 Å². The summed E-state index contributed by atoms with van der Waals surface area (Å²) in [5.74, 6) is 1.71. The first-order valence-electron chi connectivity index (χ1n) is 9.44. The van der Waals surface area contributed by atoms with Gasteiger partial charge < -0.3 is 10.1 Å². The zero-order valence-electron chi connectivity index (χ0n) is 14.2. The second-order valence-electron chi connectivity index (χ2n) is 7.67. The molecule has 130 valence electrons. The van der Waals surface area contributed by atoms with Gasteiger partial charge in [-0.2, -0.15) is 0 Å². The molecule has 0 radical (unpaired) electrons. The molecule has 2 saturated carbocycles. The molecular formula is C20H23N3O2. The van der Waals surface area contributed by atoms with Gasteiger partial charge in [-0.15, -0.1) is 0 Å². The molecule has 5 rings (SSSR count). The van der Waals surface area contributed by atoms with Gasteiger partial charge >= 0.3 is 0 Å². The number of hydrogen-bond acceptors (Lipinski definition) is 4. The number of carbonyl (C=O) groups excluding carboxylic acids is 1. The predicted molar refractivity (Wildman–Crippen MR) is 94.1 cm³/mol. The summed E-state index contributed by atoms with van der Waals surface area (Å²) >= 11 is 0. The van der Waals surface area contributed by atoms with E-state index in [1.807, 2.05) is 18.2 Å². The van der Waals surface area contributed by atoms with E-state index in [4.69, 9.17) is 4.74 Å². The van der Waals surface area contributed by atoms with Crippen molar-refractivity contribution < 1.29 is 9.53 Å². The normalized spacial score (nSPS) is 31.7. The van der Waals surface area contributed by atoms with Gasteiger partial charge in [0.25, 0.3) is 5.91 Å². The quantitative estimate of drug-likeness (QED) is 0.935. The summed E-state index contributed by atoms with van der Waals surface area (Å²) in [6, 6.07) is 5.82. The van der Waals surface area contributed by atoms with Crippen LogP contribution in [0.15, 0.2) is 30.6 Å². The molecule has 3 aliphatic rings. The Morgan fingerprint density at radius 1 is 1.08 bits per heavy atom. The fourth-order valence-electron chi connectivity index (χ4n) is 5.20. The van der Waals surface area contributed by atoms with Gasteiger partial charge in [0.1, 0.15) is 0 Å². The molecule has 0 spiro atoms. The van der Waals surface area contributed by atoms with Crippen LogP contribution in [-0.2, 0) is 4.74 Å². The summed E-state index contributed by atoms with van der Waals surface area (Å²) in [5.41, 5.74) is 2.24. The maximum absolute atomic E-state index is 12.8. The van der Waals surface area contributed by atoms with Crippen molar-refractivity contribution in [3.63, 3.8) is 0 Å². The van der Waals surface area contributed by atoms with Crippen molar-refractivity contribution in [3.05, 3.63) is 36.2 Å². The summed E-state index contributed by atoms with van der Waals surface area (Å²) in [6.07, 6.45) is 9.99. The second kappa shape index (κ2) is 6.06. The van der Waals surface area contributed by atoms with Crippen molar-refractivity contribution in [1.82, 2.24) is 15.3 Å². The number of fused-ring (bicyclic) bond motifs is 2. The number of nitrogens with zero attached hydrogens (tertiary/aromatic N) is 2. The first-order valence-corrected chi connectivity index (χ1v) is 9.44. The maximum atomic E-state index is 12.8. The highest BCUT2D eigenvalue weighted by molar-refractivity contribution is 5.97. The van der Waals surface area contributed by atoms with Crippen molar-refractivity contribution in [2.75, 3.05) is 6.61 Å². The maximum Gasteiger partial charge on any atom is 0.251 e. The monoisotopic (exact) mass is 337 g/mol. The van der Waals surface area contributed by atoms with Crippen LogP contribution < -0.4 is 5.32 Å². The molecule has 0 bridgehead atoms. The van der Waals surface area contributed by atoms with Gasteiger partial charge in [0, 0.05) is 42.4 Å². The molecule has 1 aromatic heterocycles. The first kappa shape index (κ1) is 15.3. The largest absolute Gasteiger partial charge is 0.377 e. The number of benzene rings is 1. The van der Waals surface area contributed by atoms with E-state index in [-0.39, 0.29) is 11.9 Å². The lowest BCUT2D eigenvalue weighted by atomic mass is 9.61. The van der Waals surface area contributed by atoms with Gasteiger partial charge in [-0.1, -0.05) is 25.7 Å². The third-order valence-corrected chi connectivity index (χ3v) is 6.41. The van der Waals surface area contributed by atoms with Gasteiger partial charge in [0.15, 0.2) is 0 Å². The topological polar surface area (TPSA) is 64.1 Å². The summed E-state index contributed by atoms with van der Waals surface area (Å²) in [5, 5.41) is 3.33. The van der Waals surface area contributed by atoms with E-state index in [0.29, 0.717) is 29.4 Å². The zero-order chi connectivity index (χ0) is 16.8. The summed E-state index contributed by atoms with van der Waals surface area (Å²) in [4.78, 5) is 21.4. The minimum absolute atomic E-state index is 0.00546. The number of ether oxygens (including phenoxy) is 1. The number of carbonyl (C=O) groups is 1. The van der Waals surface area contributed by atoms with Crippen LogP contribution in [0.3, 0.4) is 0 Å². The lowest BCUT2D eigenvalue weighted by Crippen LogP contribution is -2.63. The van der Waals surface area contributed by atoms with Crippen LogP contribution in [0.1, 0.15) is 42.5 Å². The smallest absolute Gasteiger partial charge is 0.251 e. The Labute approximate surface area is 147 Å². The molecule has 1 aliphatic heterocycles. The molecule has 1 aromatic carbocycles. The molecule has 4 atom stereocenters. The SMILES string of the molecule is O=C(N[C@@H]1[C@@H]2CCO[C@@H]2[C@@H]1C1CCCC1)c1ccc2nccnc2c1. The van der Waals surface area contributed by atoms with Crippen LogP contribution in [0.25, 0.3) is 11.0 Å². The molecule has 25 heavy (non-hydrogen) atoms. The number of nitrogens with one attached hydrogen (secondary N) is 1. The van der Waals surface area contributed by atoms with Crippen LogP contribution in [0.5, 0.6) is 0 Å². The summed E-state index contributed by atoms with van der Waals surface area (Å²) in [7, 11) is 0. The van der Waals surface area contributed by atoms with E-state index >= 15 is 0 Å². The molecular weight excluding hydrogens is 314 g/mol. The number of amides is 1. The zero-order valence-corrected chi connectivity index (χ0v) is 14.2. The molecule has 1 amide bonds. The fraction of sp³-hybridized carbons (Fsp3) is 0.550. The van der Waals surface area contributed by atoms with Crippen LogP contribution in [0.2, 0.25) is 0 Å². The minimum atomic E-state index is 0.00546. The van der Waals surface area contributed by atoms with Gasteiger partial charge in [0.05, 0.1) is 17.1 Å². The molecule has 2 aromatic rings. The lowest BCUT2D eigenvalue weighted by Gasteiger charge is -2.50. The van der Waals surface area contributed by atoms with Crippen LogP contribution >= 0.6 is 0 Å². The van der Waals surface area contributed by atoms with E-state index in [1.54, 1.807) is 12.4 Å². The number of hydrogen-bond donors (Lipinski definition) is 1. The van der Waals surface area contributed by atoms with E-state index < -0.39 is 0 Å². The van der Waals surface area contributed by atoms with Gasteiger partial charge in [-0.05, 0) is 30.5 Å². The Bertz CT molecular complexity index is 798. The average Bonchev–Trinajstić information content (AvgIpc) is 3.30. The van der Waals surface area contributed by atoms with Crippen LogP contribution in [0, 0.1) is 17.8 Å². The van der Waals surface area contributed by atoms with E-state index in [1.165, 1.54) is 25.7 Å². The minimum Gasteiger partial charge on any atom is -0.377 e. The Morgan fingerprint density at radius 3 is 2.72 bits per heavy atom. The standard InChI is InChI=1S/C20H23N3O2/c24-20(13-5-6-15-16(11-13)22-9-8-21-15)23-18-14-7-10-25-19(14)17(18)12-3-1-2-4-12/h5-6,8-9,11-12,14,17-19H,1-4,7,10H2,(H,23,24)/t14-,17+,18+,19-/m0/s1. The summed E-state index contributed by atoms with van der Waals surface area (Å²) in [6.45, 7) is 0.844. The molecule has 2 aliphatic carbocycles. The summed E-state index contributed by atoms with van der Waals surface area (Å²) < 4.78 is 5.98. The Balaban J connectivity index is 1.36. The number of rotatable bonds is 3. The Kier molecular flexibility index (Phi) is 3.70. The molecule has 1 saturated heterocycles. The molecule has 0 unspecified atom stereocenters. The highest BCUT2D eigenvalue weighted by Gasteiger charge is 2.57. The van der Waals surface area contributed by atoms with Gasteiger partial charge in [-0.25, -0.2) is 0 Å². The molecule has 2 heterocycles. The van der Waals surface area contributed by atoms with E-state index in [9.17, 15) is 4.79 Å². The predicted octanol–water partition coefficient (Wildman–Crippen LogP) is 2.95.